The van der Waals surface area contributed by atoms with Crippen LogP contribution in [0.2, 0.25) is 4.34 Å². The Balaban J connectivity index is 1.17. The third kappa shape index (κ3) is 6.02. The van der Waals surface area contributed by atoms with Gasteiger partial charge in [-0.1, -0.05) is 48.0 Å². The zero-order valence-corrected chi connectivity index (χ0v) is 24.5. The summed E-state index contributed by atoms with van der Waals surface area (Å²) in [6, 6.07) is 27.0. The fraction of sp³-hybridized carbons (Fsp3) is 0.0333. The number of hydrogen-bond donors (Lipinski definition) is 4. The predicted octanol–water partition coefficient (Wildman–Crippen LogP) is 5.67. The average molecular weight is 632 g/mol. The van der Waals surface area contributed by atoms with Gasteiger partial charge in [-0.05, 0) is 77.0 Å². The maximum Gasteiger partial charge on any atom is 0.333 e. The van der Waals surface area contributed by atoms with Gasteiger partial charge in [-0.2, -0.15) is 0 Å². The number of sulfonamides is 1. The Labute approximate surface area is 253 Å². The van der Waals surface area contributed by atoms with Crippen molar-refractivity contribution in [2.24, 2.45) is 0 Å². The smallest absolute Gasteiger partial charge is 0.333 e. The molecule has 0 fully saturated rings. The molecule has 0 aliphatic rings. The summed E-state index contributed by atoms with van der Waals surface area (Å²) in [7, 11) is -4.09. The molecule has 0 saturated carbocycles. The topological polar surface area (TPSA) is 142 Å². The molecule has 216 valence electrons. The van der Waals surface area contributed by atoms with Gasteiger partial charge in [-0.3, -0.25) is 4.79 Å². The van der Waals surface area contributed by atoms with Gasteiger partial charge >= 0.3 is 11.7 Å². The average Bonchev–Trinajstić information content (AvgIpc) is 3.44. The standard InChI is InChI=1S/C30H22ClN5O5S2/c31-26-13-14-27(42-26)43(40,41)35-29(38)33-21-7-10-23(11-8-21)36-28(37)24-12-9-22(16-25(24)34-30(36)39)32-17-18-5-6-19-3-1-2-4-20(19)15-18/h1-16,32H,17H2,(H,34,39)(H2,33,35,38). The quantitative estimate of drug-likeness (QED) is 0.179. The lowest BCUT2D eigenvalue weighted by molar-refractivity contribution is 0.256. The lowest BCUT2D eigenvalue weighted by Crippen LogP contribution is -2.34. The molecule has 0 spiro atoms. The molecular weight excluding hydrogens is 610 g/mol. The van der Waals surface area contributed by atoms with Gasteiger partial charge in [0.25, 0.3) is 15.6 Å². The zero-order valence-electron chi connectivity index (χ0n) is 22.1. The van der Waals surface area contributed by atoms with E-state index in [0.717, 1.165) is 37.9 Å². The first-order chi connectivity index (χ1) is 20.7. The Kier molecular flexibility index (Phi) is 7.48. The maximum atomic E-state index is 13.3. The molecular formula is C30H22ClN5O5S2. The number of benzene rings is 4. The van der Waals surface area contributed by atoms with Gasteiger partial charge in [0.2, 0.25) is 0 Å². The van der Waals surface area contributed by atoms with E-state index in [1.807, 2.05) is 22.9 Å². The molecule has 0 unspecified atom stereocenters. The van der Waals surface area contributed by atoms with E-state index in [-0.39, 0.29) is 19.9 Å². The third-order valence-electron chi connectivity index (χ3n) is 6.63. The lowest BCUT2D eigenvalue weighted by Gasteiger charge is -2.11. The summed E-state index contributed by atoms with van der Waals surface area (Å²) < 4.78 is 27.7. The van der Waals surface area contributed by atoms with Crippen LogP contribution in [0.1, 0.15) is 5.56 Å². The molecule has 0 saturated heterocycles. The third-order valence-corrected chi connectivity index (χ3v) is 9.69. The fourth-order valence-corrected chi connectivity index (χ4v) is 6.97. The van der Waals surface area contributed by atoms with Gasteiger partial charge in [0.1, 0.15) is 4.21 Å². The van der Waals surface area contributed by atoms with Crippen molar-refractivity contribution in [1.29, 1.82) is 0 Å². The molecule has 0 aliphatic carbocycles. The maximum absolute atomic E-state index is 13.3. The summed E-state index contributed by atoms with van der Waals surface area (Å²) in [5, 5.41) is 8.37. The summed E-state index contributed by atoms with van der Waals surface area (Å²) in [5.74, 6) is 0. The number of thiophene rings is 1. The Morgan fingerprint density at radius 3 is 2.35 bits per heavy atom. The van der Waals surface area contributed by atoms with Crippen LogP contribution in [-0.4, -0.2) is 24.0 Å². The number of aromatic nitrogens is 2. The predicted molar refractivity (Wildman–Crippen MR) is 170 cm³/mol. The molecule has 2 amide bonds. The highest BCUT2D eigenvalue weighted by molar-refractivity contribution is 7.92. The number of urea groups is 1. The first kappa shape index (κ1) is 28.2. The molecule has 13 heteroatoms. The molecule has 0 aliphatic heterocycles. The van der Waals surface area contributed by atoms with Crippen molar-refractivity contribution in [2.45, 2.75) is 10.8 Å². The van der Waals surface area contributed by atoms with Crippen LogP contribution in [0.5, 0.6) is 0 Å². The molecule has 6 rings (SSSR count). The van der Waals surface area contributed by atoms with E-state index in [2.05, 4.69) is 39.9 Å². The minimum atomic E-state index is -4.09. The number of rotatable bonds is 7. The van der Waals surface area contributed by atoms with Gasteiger partial charge in [0, 0.05) is 17.9 Å². The van der Waals surface area contributed by atoms with Crippen molar-refractivity contribution in [3.05, 3.63) is 128 Å². The summed E-state index contributed by atoms with van der Waals surface area (Å²) in [5.41, 5.74) is 1.57. The number of nitrogens with zero attached hydrogens (tertiary/aromatic N) is 1. The fourth-order valence-electron chi connectivity index (χ4n) is 4.58. The molecule has 0 bridgehead atoms. The highest BCUT2D eigenvalue weighted by Crippen LogP contribution is 2.25. The van der Waals surface area contributed by atoms with Gasteiger partial charge in [-0.25, -0.2) is 27.3 Å². The second kappa shape index (κ2) is 11.4. The number of anilines is 2. The Bertz CT molecular complexity index is 2240. The minimum Gasteiger partial charge on any atom is -0.381 e. The van der Waals surface area contributed by atoms with Crippen LogP contribution in [-0.2, 0) is 16.6 Å². The molecule has 0 atom stereocenters. The van der Waals surface area contributed by atoms with Crippen LogP contribution >= 0.6 is 22.9 Å². The number of carbonyl (C=O) groups is 1. The van der Waals surface area contributed by atoms with Crippen molar-refractivity contribution >= 4 is 72.0 Å². The number of H-pyrrole nitrogens is 1. The Morgan fingerprint density at radius 1 is 0.860 bits per heavy atom. The highest BCUT2D eigenvalue weighted by Gasteiger charge is 2.20. The number of carbonyl (C=O) groups excluding carboxylic acids is 1. The number of fused-ring (bicyclic) bond motifs is 2. The molecule has 4 aromatic carbocycles. The number of halogens is 1. The van der Waals surface area contributed by atoms with Crippen molar-refractivity contribution in [1.82, 2.24) is 14.3 Å². The van der Waals surface area contributed by atoms with E-state index in [0.29, 0.717) is 17.4 Å². The second-order valence-corrected chi connectivity index (χ2v) is 13.2. The number of nitrogens with one attached hydrogen (secondary N) is 4. The van der Waals surface area contributed by atoms with Gasteiger partial charge in [-0.15, -0.1) is 11.3 Å². The van der Waals surface area contributed by atoms with Crippen LogP contribution in [0, 0.1) is 0 Å². The molecule has 2 heterocycles. The largest absolute Gasteiger partial charge is 0.381 e. The van der Waals surface area contributed by atoms with E-state index in [1.54, 1.807) is 18.2 Å². The molecule has 2 aromatic heterocycles. The van der Waals surface area contributed by atoms with E-state index < -0.39 is 27.3 Å². The van der Waals surface area contributed by atoms with Crippen LogP contribution in [0.25, 0.3) is 27.4 Å². The van der Waals surface area contributed by atoms with E-state index in [1.165, 1.54) is 36.4 Å². The molecule has 4 N–H and O–H groups in total. The summed E-state index contributed by atoms with van der Waals surface area (Å²) in [6.45, 7) is 0.560. The Hall–Kier alpha value is -4.91. The number of amides is 2. The summed E-state index contributed by atoms with van der Waals surface area (Å²) in [6.07, 6.45) is 0. The number of aromatic amines is 1. The summed E-state index contributed by atoms with van der Waals surface area (Å²) in [4.78, 5) is 41.3. The van der Waals surface area contributed by atoms with E-state index >= 15 is 0 Å². The van der Waals surface area contributed by atoms with Crippen molar-refractivity contribution in [3.63, 3.8) is 0 Å². The second-order valence-electron chi connectivity index (χ2n) is 9.53. The van der Waals surface area contributed by atoms with Crippen molar-refractivity contribution in [2.75, 3.05) is 10.6 Å². The molecule has 43 heavy (non-hydrogen) atoms. The van der Waals surface area contributed by atoms with Gasteiger partial charge in [0.15, 0.2) is 0 Å². The first-order valence-corrected chi connectivity index (χ1v) is 15.5. The molecule has 6 aromatic rings. The molecule has 0 radical (unpaired) electrons. The monoisotopic (exact) mass is 631 g/mol. The Morgan fingerprint density at radius 2 is 1.60 bits per heavy atom. The van der Waals surface area contributed by atoms with Crippen LogP contribution < -0.4 is 26.6 Å². The van der Waals surface area contributed by atoms with E-state index in [4.69, 9.17) is 11.6 Å². The number of hydrogen-bond acceptors (Lipinski definition) is 7. The normalized spacial score (nSPS) is 11.5. The minimum absolute atomic E-state index is 0.106. The van der Waals surface area contributed by atoms with Crippen LogP contribution in [0.3, 0.4) is 0 Å². The van der Waals surface area contributed by atoms with E-state index in [9.17, 15) is 22.8 Å². The zero-order chi connectivity index (χ0) is 30.1. The molecule has 10 nitrogen and oxygen atoms in total. The van der Waals surface area contributed by atoms with Gasteiger partial charge < -0.3 is 15.6 Å². The van der Waals surface area contributed by atoms with Gasteiger partial charge in [0.05, 0.1) is 20.9 Å². The van der Waals surface area contributed by atoms with Crippen molar-refractivity contribution in [3.8, 4) is 5.69 Å². The van der Waals surface area contributed by atoms with Crippen LogP contribution in [0.15, 0.2) is 111 Å². The van der Waals surface area contributed by atoms with Crippen LogP contribution in [0.4, 0.5) is 16.2 Å². The lowest BCUT2D eigenvalue weighted by atomic mass is 10.1. The SMILES string of the molecule is O=C(Nc1ccc(-n2c(=O)[nH]c3cc(NCc4ccc5ccccc5c4)ccc3c2=O)cc1)NS(=O)(=O)c1ccc(Cl)s1. The highest BCUT2D eigenvalue weighted by atomic mass is 35.5. The van der Waals surface area contributed by atoms with Crippen molar-refractivity contribution < 1.29 is 13.2 Å². The first-order valence-electron chi connectivity index (χ1n) is 12.9. The summed E-state index contributed by atoms with van der Waals surface area (Å²) >= 11 is 6.60.